The molecule has 0 aliphatic carbocycles. The van der Waals surface area contributed by atoms with Crippen LogP contribution in [0.3, 0.4) is 0 Å². The Morgan fingerprint density at radius 1 is 0.291 bits per heavy atom. The molecule has 117 heavy (non-hydrogen) atoms. The van der Waals surface area contributed by atoms with Crippen LogP contribution in [0.2, 0.25) is 20.1 Å². The molecule has 12 aromatic rings. The van der Waals surface area contributed by atoms with Crippen LogP contribution in [0.4, 0.5) is 23.3 Å². The van der Waals surface area contributed by atoms with Gasteiger partial charge in [-0.05, 0) is 183 Å². The molecule has 8 atom stereocenters. The average Bonchev–Trinajstić information content (AvgIpc) is 1.64. The fourth-order valence-electron chi connectivity index (χ4n) is 17.9. The Bertz CT molecular complexity index is 4990. The number of Topliss-reactive ketones (excluding diaryl/α,β-unsaturated/α-hetero) is 1. The molecular formula is C88H106Cl4N24O. The highest BCUT2D eigenvalue weighted by atomic mass is 35.5. The number of likely N-dealkylation sites (N-methyl/N-ethyl adjacent to an activating group) is 4. The van der Waals surface area contributed by atoms with Crippen molar-refractivity contribution in [2.75, 3.05) is 153 Å². The number of nitrogens with one attached hydrogen (secondary N) is 4. The summed E-state index contributed by atoms with van der Waals surface area (Å²) in [6.07, 6.45) is 26.5. The summed E-state index contributed by atoms with van der Waals surface area (Å²) in [5, 5.41) is 17.6. The number of hydrogen-bond donors (Lipinski definition) is 4. The van der Waals surface area contributed by atoms with E-state index < -0.39 is 0 Å². The highest BCUT2D eigenvalue weighted by molar-refractivity contribution is 6.32. The molecule has 8 aliphatic heterocycles. The number of carbonyl (C=O) groups excluding carboxylic acids is 1. The van der Waals surface area contributed by atoms with Crippen LogP contribution in [0.5, 0.6) is 0 Å². The zero-order valence-electron chi connectivity index (χ0n) is 67.2. The number of pyridine rings is 8. The molecule has 0 spiro atoms. The Balaban J connectivity index is 0.000000112. The molecule has 12 aromatic heterocycles. The van der Waals surface area contributed by atoms with Crippen LogP contribution in [0.1, 0.15) is 165 Å². The van der Waals surface area contributed by atoms with E-state index in [2.05, 4.69) is 218 Å². The van der Waals surface area contributed by atoms with Crippen molar-refractivity contribution in [3.8, 4) is 0 Å². The lowest BCUT2D eigenvalue weighted by Crippen LogP contribution is -2.45. The number of anilines is 4. The molecular weight excluding hydrogens is 1550 g/mol. The number of rotatable bonds is 12. The standard InChI is InChI=1S/C22H25ClN6O.3C22H27ClN6/c1-27-8-10-28(11-9-27)21-6-2-5-20-26-19(14-29(20)21)17-12-15(30)13-18(25-17)22-16(23)4-3-7-24-22;3*1-27-11-13-28(14-12-27)21-9-3-8-20-26-19(15-29(20)21)17-6-2-7-18(25-17)22-16(23)5-4-10-24-22/h2-7,14,17-18,25H,8-13H2,1H3;3*3-5,8-10,15,17-18,25H,2,6-7,11-14H2,1H3/t;3*17-,18+/m.100/s1. The van der Waals surface area contributed by atoms with Gasteiger partial charge in [0.25, 0.3) is 0 Å². The minimum atomic E-state index is -0.202. The van der Waals surface area contributed by atoms with E-state index in [1.54, 1.807) is 12.3 Å². The lowest BCUT2D eigenvalue weighted by atomic mass is 9.93. The van der Waals surface area contributed by atoms with Gasteiger partial charge in [0.05, 0.1) is 114 Å². The summed E-state index contributed by atoms with van der Waals surface area (Å²) in [7, 11) is 8.72. The van der Waals surface area contributed by atoms with E-state index in [-0.39, 0.29) is 54.1 Å². The minimum Gasteiger partial charge on any atom is -0.355 e. The highest BCUT2D eigenvalue weighted by Gasteiger charge is 2.35. The van der Waals surface area contributed by atoms with Crippen LogP contribution < -0.4 is 40.9 Å². The first kappa shape index (κ1) is 80.5. The smallest absolute Gasteiger partial charge is 0.138 e. The van der Waals surface area contributed by atoms with Crippen molar-refractivity contribution in [1.29, 1.82) is 0 Å². The molecule has 0 saturated carbocycles. The molecule has 8 fully saturated rings. The number of halogens is 4. The minimum absolute atomic E-state index is 0.158. The number of carbonyl (C=O) groups is 1. The van der Waals surface area contributed by atoms with E-state index in [9.17, 15) is 4.79 Å². The van der Waals surface area contributed by atoms with E-state index in [1.807, 2.05) is 67.1 Å². The fraction of sp³-hybridized carbons (Fsp3) is 0.443. The van der Waals surface area contributed by atoms with Crippen LogP contribution in [-0.4, -0.2) is 216 Å². The molecule has 0 bridgehead atoms. The van der Waals surface area contributed by atoms with Crippen molar-refractivity contribution in [1.82, 2.24) is 98.3 Å². The van der Waals surface area contributed by atoms with Crippen LogP contribution >= 0.6 is 46.4 Å². The molecule has 0 aromatic carbocycles. The summed E-state index contributed by atoms with van der Waals surface area (Å²) < 4.78 is 8.89. The molecule has 29 heteroatoms. The SMILES string of the molecule is CN1CCN(c2cccc3nc(C4CC(=O)CC(c5ncccc5Cl)N4)cn23)CC1.CN1CCN(c2cccc3nc([C@@H]4CCC[C@H](c5ncccc5Cl)N4)cn23)CC1.CN1CCN(c2cccc3nc([C@@H]4CCC[C@H](c5ncccc5Cl)N4)cn23)CC1.CN1CCN(c2cccc3nc([C@H]4CCC[C@@H](c5ncccc5Cl)N4)cn23)CC1. The lowest BCUT2D eigenvalue weighted by Gasteiger charge is -2.34. The number of nitrogens with zero attached hydrogens (tertiary/aromatic N) is 20. The first-order chi connectivity index (χ1) is 57.1. The summed E-state index contributed by atoms with van der Waals surface area (Å²) in [4.78, 5) is 69.5. The second-order valence-corrected chi connectivity index (χ2v) is 34.2. The van der Waals surface area contributed by atoms with E-state index in [0.717, 1.165) is 252 Å². The van der Waals surface area contributed by atoms with Crippen LogP contribution in [0.15, 0.2) is 171 Å². The lowest BCUT2D eigenvalue weighted by molar-refractivity contribution is -0.121. The van der Waals surface area contributed by atoms with Crippen LogP contribution in [0.25, 0.3) is 22.6 Å². The molecule has 8 saturated heterocycles. The zero-order chi connectivity index (χ0) is 80.0. The topological polar surface area (TPSA) is 212 Å². The van der Waals surface area contributed by atoms with Gasteiger partial charge in [0, 0.05) is 167 Å². The summed E-state index contributed by atoms with van der Waals surface area (Å²) in [6, 6.07) is 41.3. The first-order valence-electron chi connectivity index (χ1n) is 41.8. The van der Waals surface area contributed by atoms with Gasteiger partial charge in [0.15, 0.2) is 0 Å². The molecule has 20 heterocycles. The third-order valence-corrected chi connectivity index (χ3v) is 25.9. The van der Waals surface area contributed by atoms with Crippen molar-refractivity contribution in [3.05, 3.63) is 237 Å². The van der Waals surface area contributed by atoms with E-state index in [4.69, 9.17) is 66.3 Å². The maximum Gasteiger partial charge on any atom is 0.138 e. The van der Waals surface area contributed by atoms with Crippen molar-refractivity contribution < 1.29 is 4.79 Å². The van der Waals surface area contributed by atoms with Gasteiger partial charge in [0.1, 0.15) is 51.6 Å². The summed E-state index contributed by atoms with van der Waals surface area (Å²) >= 11 is 25.5. The average molecular weight is 1660 g/mol. The molecule has 8 aliphatic rings. The number of piperidine rings is 4. The first-order valence-corrected chi connectivity index (χ1v) is 43.3. The number of piperazine rings is 4. The Morgan fingerprint density at radius 2 is 0.530 bits per heavy atom. The molecule has 20 rings (SSSR count). The van der Waals surface area contributed by atoms with Gasteiger partial charge in [-0.3, -0.25) is 47.7 Å². The summed E-state index contributed by atoms with van der Waals surface area (Å²) in [5.41, 5.74) is 11.7. The van der Waals surface area contributed by atoms with Gasteiger partial charge in [-0.25, -0.2) is 19.9 Å². The maximum absolute atomic E-state index is 12.5. The Morgan fingerprint density at radius 3 is 0.803 bits per heavy atom. The molecule has 4 N–H and O–H groups in total. The van der Waals surface area contributed by atoms with Gasteiger partial charge in [-0.15, -0.1) is 0 Å². The van der Waals surface area contributed by atoms with Gasteiger partial charge < -0.3 is 55.1 Å². The monoisotopic (exact) mass is 1650 g/mol. The normalized spacial score (nSPS) is 23.5. The third-order valence-electron chi connectivity index (χ3n) is 24.6. The Kier molecular flexibility index (Phi) is 25.3. The van der Waals surface area contributed by atoms with Gasteiger partial charge >= 0.3 is 0 Å². The number of imidazole rings is 4. The van der Waals surface area contributed by atoms with Gasteiger partial charge in [-0.1, -0.05) is 70.7 Å². The molecule has 2 unspecified atom stereocenters. The fourth-order valence-corrected chi connectivity index (χ4v) is 19.0. The molecule has 25 nitrogen and oxygen atoms in total. The largest absolute Gasteiger partial charge is 0.355 e. The highest BCUT2D eigenvalue weighted by Crippen LogP contribution is 2.40. The molecule has 0 radical (unpaired) electrons. The summed E-state index contributed by atoms with van der Waals surface area (Å²) in [6.45, 7) is 16.9. The number of hydrogen-bond acceptors (Lipinski definition) is 21. The number of ketones is 1. The number of aromatic nitrogens is 12. The van der Waals surface area contributed by atoms with Gasteiger partial charge in [0.2, 0.25) is 0 Å². The second-order valence-electron chi connectivity index (χ2n) is 32.6. The second kappa shape index (κ2) is 36.7. The maximum atomic E-state index is 12.5. The van der Waals surface area contributed by atoms with E-state index in [1.165, 1.54) is 17.5 Å². The molecule has 612 valence electrons. The zero-order valence-corrected chi connectivity index (χ0v) is 70.3. The van der Waals surface area contributed by atoms with Crippen LogP contribution in [0, 0.1) is 0 Å². The van der Waals surface area contributed by atoms with Crippen molar-refractivity contribution in [2.45, 2.75) is 119 Å². The van der Waals surface area contributed by atoms with Crippen molar-refractivity contribution >= 4 is 98.0 Å². The Labute approximate surface area is 704 Å². The van der Waals surface area contributed by atoms with Crippen LogP contribution in [-0.2, 0) is 4.79 Å². The summed E-state index contributed by atoms with van der Waals surface area (Å²) in [5.74, 6) is 5.03. The predicted octanol–water partition coefficient (Wildman–Crippen LogP) is 13.9. The number of fused-ring (bicyclic) bond motifs is 4. The van der Waals surface area contributed by atoms with E-state index in [0.29, 0.717) is 17.9 Å². The van der Waals surface area contributed by atoms with Gasteiger partial charge in [-0.2, -0.15) is 0 Å². The predicted molar refractivity (Wildman–Crippen MR) is 467 cm³/mol. The van der Waals surface area contributed by atoms with E-state index >= 15 is 0 Å². The third kappa shape index (κ3) is 18.5. The van der Waals surface area contributed by atoms with Crippen molar-refractivity contribution in [3.63, 3.8) is 0 Å². The Hall–Kier alpha value is -8.93. The molecule has 0 amide bonds. The van der Waals surface area contributed by atoms with Crippen molar-refractivity contribution in [2.24, 2.45) is 0 Å². The quantitative estimate of drug-likeness (QED) is 0.0895.